The number of carbonyl (C=O) groups is 1. The van der Waals surface area contributed by atoms with E-state index < -0.39 is 0 Å². The van der Waals surface area contributed by atoms with Gasteiger partial charge in [-0.1, -0.05) is 31.0 Å². The van der Waals surface area contributed by atoms with Crippen molar-refractivity contribution < 1.29 is 9.53 Å². The Morgan fingerprint density at radius 3 is 2.83 bits per heavy atom. The van der Waals surface area contributed by atoms with Crippen LogP contribution in [0.5, 0.6) is 0 Å². The maximum atomic E-state index is 13.3. The van der Waals surface area contributed by atoms with E-state index in [9.17, 15) is 9.59 Å². The Morgan fingerprint density at radius 2 is 2.03 bits per heavy atom. The average Bonchev–Trinajstić information content (AvgIpc) is 3.15. The largest absolute Gasteiger partial charge is 0.383 e. The number of carbonyl (C=O) groups excluding carboxylic acids is 1. The van der Waals surface area contributed by atoms with Crippen LogP contribution in [0.15, 0.2) is 9.95 Å². The number of aryl methyl sites for hydroxylation is 2. The summed E-state index contributed by atoms with van der Waals surface area (Å²) in [5.74, 6) is 0.908. The minimum atomic E-state index is 0.0153. The highest BCUT2D eigenvalue weighted by Gasteiger charge is 2.22. The molecule has 2 aromatic heterocycles. The van der Waals surface area contributed by atoms with E-state index in [1.54, 1.807) is 23.0 Å². The van der Waals surface area contributed by atoms with E-state index in [2.05, 4.69) is 5.32 Å². The van der Waals surface area contributed by atoms with E-state index in [1.807, 2.05) is 0 Å². The molecular weight excluding hydrogens is 418 g/mol. The number of fused-ring (bicyclic) bond motifs is 3. The van der Waals surface area contributed by atoms with Crippen molar-refractivity contribution in [1.82, 2.24) is 14.9 Å². The summed E-state index contributed by atoms with van der Waals surface area (Å²) in [6, 6.07) is 0. The Morgan fingerprint density at radius 1 is 1.23 bits per heavy atom. The minimum absolute atomic E-state index is 0.0153. The summed E-state index contributed by atoms with van der Waals surface area (Å²) in [7, 11) is 1.63. The molecular formula is C22H31N3O3S2. The number of amides is 1. The van der Waals surface area contributed by atoms with Crippen LogP contribution in [0.3, 0.4) is 0 Å². The van der Waals surface area contributed by atoms with Gasteiger partial charge in [0, 0.05) is 18.5 Å². The smallest absolute Gasteiger partial charge is 0.263 e. The van der Waals surface area contributed by atoms with Crippen molar-refractivity contribution >= 4 is 39.2 Å². The summed E-state index contributed by atoms with van der Waals surface area (Å²) < 4.78 is 6.92. The lowest BCUT2D eigenvalue weighted by Crippen LogP contribution is -2.32. The summed E-state index contributed by atoms with van der Waals surface area (Å²) >= 11 is 3.01. The van der Waals surface area contributed by atoms with Gasteiger partial charge in [0.05, 0.1) is 24.3 Å². The summed E-state index contributed by atoms with van der Waals surface area (Å²) in [6.07, 6.45) is 10.6. The Hall–Kier alpha value is -1.38. The summed E-state index contributed by atoms with van der Waals surface area (Å²) in [5, 5.41) is 4.49. The van der Waals surface area contributed by atoms with Gasteiger partial charge in [-0.2, -0.15) is 0 Å². The molecule has 0 aromatic carbocycles. The first-order valence-corrected chi connectivity index (χ1v) is 12.9. The molecule has 164 valence electrons. The first-order chi connectivity index (χ1) is 14.7. The monoisotopic (exact) mass is 449 g/mol. The van der Waals surface area contributed by atoms with E-state index >= 15 is 0 Å². The number of thiophene rings is 1. The van der Waals surface area contributed by atoms with Gasteiger partial charge in [0.2, 0.25) is 5.91 Å². The molecule has 0 radical (unpaired) electrons. The van der Waals surface area contributed by atoms with Gasteiger partial charge in [0.15, 0.2) is 5.16 Å². The van der Waals surface area contributed by atoms with E-state index in [0.29, 0.717) is 24.2 Å². The molecule has 0 spiro atoms. The molecule has 30 heavy (non-hydrogen) atoms. The minimum Gasteiger partial charge on any atom is -0.383 e. The number of hydrogen-bond donors (Lipinski definition) is 1. The second-order valence-corrected chi connectivity index (χ2v) is 10.4. The van der Waals surface area contributed by atoms with Crippen LogP contribution in [-0.4, -0.2) is 41.5 Å². The number of rotatable bonds is 8. The number of nitrogens with zero attached hydrogens (tertiary/aromatic N) is 2. The Balaban J connectivity index is 1.50. The van der Waals surface area contributed by atoms with Crippen molar-refractivity contribution in [3.63, 3.8) is 0 Å². The molecule has 0 unspecified atom stereocenters. The molecule has 1 N–H and O–H groups in total. The molecule has 2 aliphatic rings. The Kier molecular flexibility index (Phi) is 7.49. The second kappa shape index (κ2) is 10.3. The van der Waals surface area contributed by atoms with Gasteiger partial charge in [-0.15, -0.1) is 11.3 Å². The highest BCUT2D eigenvalue weighted by molar-refractivity contribution is 7.99. The summed E-state index contributed by atoms with van der Waals surface area (Å²) in [4.78, 5) is 32.7. The third-order valence-electron chi connectivity index (χ3n) is 6.20. The zero-order valence-electron chi connectivity index (χ0n) is 17.7. The van der Waals surface area contributed by atoms with Crippen LogP contribution in [0.1, 0.15) is 55.4 Å². The van der Waals surface area contributed by atoms with Gasteiger partial charge >= 0.3 is 0 Å². The van der Waals surface area contributed by atoms with Crippen LogP contribution >= 0.6 is 23.1 Å². The molecule has 8 heteroatoms. The first-order valence-electron chi connectivity index (χ1n) is 11.1. The molecule has 1 amide bonds. The zero-order valence-corrected chi connectivity index (χ0v) is 19.3. The second-order valence-electron chi connectivity index (χ2n) is 8.33. The lowest BCUT2D eigenvalue weighted by atomic mass is 9.89. The van der Waals surface area contributed by atoms with Crippen LogP contribution in [0.25, 0.3) is 10.2 Å². The highest BCUT2D eigenvalue weighted by Crippen LogP contribution is 2.34. The zero-order chi connectivity index (χ0) is 20.9. The maximum absolute atomic E-state index is 13.3. The third kappa shape index (κ3) is 4.92. The number of nitrogens with one attached hydrogen (secondary N) is 1. The average molecular weight is 450 g/mol. The predicted molar refractivity (Wildman–Crippen MR) is 123 cm³/mol. The van der Waals surface area contributed by atoms with E-state index in [-0.39, 0.29) is 17.2 Å². The molecule has 6 nitrogen and oxygen atoms in total. The standard InChI is InChI=1S/C22H31N3O3S2/c1-28-12-11-25-21(27)19-16-9-5-6-10-17(16)30-20(19)24-22(25)29-14-18(26)23-13-15-7-3-2-4-8-15/h15H,2-14H2,1H3,(H,23,26). The van der Waals surface area contributed by atoms with Crippen molar-refractivity contribution in [2.75, 3.05) is 26.0 Å². The van der Waals surface area contributed by atoms with E-state index in [4.69, 9.17) is 9.72 Å². The van der Waals surface area contributed by atoms with Gasteiger partial charge in [-0.3, -0.25) is 14.2 Å². The molecule has 0 bridgehead atoms. The van der Waals surface area contributed by atoms with Crippen LogP contribution < -0.4 is 10.9 Å². The van der Waals surface area contributed by atoms with Crippen molar-refractivity contribution in [2.45, 2.75) is 69.5 Å². The molecule has 1 saturated carbocycles. The highest BCUT2D eigenvalue weighted by atomic mass is 32.2. The van der Waals surface area contributed by atoms with Crippen molar-refractivity contribution in [2.24, 2.45) is 5.92 Å². The fraction of sp³-hybridized carbons (Fsp3) is 0.682. The maximum Gasteiger partial charge on any atom is 0.263 e. The van der Waals surface area contributed by atoms with E-state index in [1.165, 1.54) is 60.7 Å². The molecule has 4 rings (SSSR count). The van der Waals surface area contributed by atoms with Gasteiger partial charge in [0.25, 0.3) is 5.56 Å². The van der Waals surface area contributed by atoms with Gasteiger partial charge in [0.1, 0.15) is 4.83 Å². The number of thioether (sulfide) groups is 1. The lowest BCUT2D eigenvalue weighted by molar-refractivity contribution is -0.118. The van der Waals surface area contributed by atoms with Crippen LogP contribution in [-0.2, 0) is 28.9 Å². The van der Waals surface area contributed by atoms with Crippen molar-refractivity contribution in [3.8, 4) is 0 Å². The van der Waals surface area contributed by atoms with Gasteiger partial charge in [-0.25, -0.2) is 4.98 Å². The van der Waals surface area contributed by atoms with E-state index in [0.717, 1.165) is 36.0 Å². The molecule has 2 aromatic rings. The SMILES string of the molecule is COCCn1c(SCC(=O)NCC2CCCCC2)nc2sc3c(c2c1=O)CCCC3. The van der Waals surface area contributed by atoms with Crippen LogP contribution in [0.2, 0.25) is 0 Å². The fourth-order valence-electron chi connectivity index (χ4n) is 4.54. The van der Waals surface area contributed by atoms with Crippen molar-refractivity contribution in [1.29, 1.82) is 0 Å². The van der Waals surface area contributed by atoms with Crippen LogP contribution in [0.4, 0.5) is 0 Å². The fourth-order valence-corrected chi connectivity index (χ4v) is 6.70. The third-order valence-corrected chi connectivity index (χ3v) is 8.37. The molecule has 2 heterocycles. The summed E-state index contributed by atoms with van der Waals surface area (Å²) in [6.45, 7) is 1.66. The normalized spacial score (nSPS) is 17.2. The Bertz CT molecular complexity index is 947. The predicted octanol–water partition coefficient (Wildman–Crippen LogP) is 3.77. The lowest BCUT2D eigenvalue weighted by Gasteiger charge is -2.21. The van der Waals surface area contributed by atoms with Gasteiger partial charge < -0.3 is 10.1 Å². The van der Waals surface area contributed by atoms with Crippen molar-refractivity contribution in [3.05, 3.63) is 20.8 Å². The topological polar surface area (TPSA) is 73.2 Å². The molecule has 0 atom stereocenters. The number of hydrogen-bond acceptors (Lipinski definition) is 6. The van der Waals surface area contributed by atoms with Crippen LogP contribution in [0, 0.1) is 5.92 Å². The van der Waals surface area contributed by atoms with Gasteiger partial charge in [-0.05, 0) is 50.0 Å². The molecule has 0 saturated heterocycles. The number of methoxy groups -OCH3 is 1. The quantitative estimate of drug-likeness (QED) is 0.491. The molecule has 1 fully saturated rings. The molecule has 2 aliphatic carbocycles. The molecule has 0 aliphatic heterocycles. The summed E-state index contributed by atoms with van der Waals surface area (Å²) in [5.41, 5.74) is 1.22. The number of ether oxygens (including phenoxy) is 1. The first kappa shape index (κ1) is 21.8. The Labute approximate surface area is 185 Å². The number of aromatic nitrogens is 2.